The summed E-state index contributed by atoms with van der Waals surface area (Å²) in [6, 6.07) is 7.03. The van der Waals surface area contributed by atoms with Gasteiger partial charge in [-0.25, -0.2) is 0 Å². The fourth-order valence-corrected chi connectivity index (χ4v) is 1.35. The molecule has 0 fully saturated rings. The SMILES string of the molecule is CCCNc1ccccc1C(=O)NCC(=O)O. The first-order chi connectivity index (χ1) is 8.15. The third kappa shape index (κ3) is 4.14. The number of carboxylic acid groups (broad SMARTS) is 1. The number of benzene rings is 1. The summed E-state index contributed by atoms with van der Waals surface area (Å²) in [4.78, 5) is 22.1. The summed E-state index contributed by atoms with van der Waals surface area (Å²) in [5, 5.41) is 13.9. The highest BCUT2D eigenvalue weighted by molar-refractivity contribution is 6.00. The van der Waals surface area contributed by atoms with Crippen LogP contribution in [0.25, 0.3) is 0 Å². The number of nitrogens with one attached hydrogen (secondary N) is 2. The fraction of sp³-hybridized carbons (Fsp3) is 0.333. The maximum absolute atomic E-state index is 11.7. The third-order valence-electron chi connectivity index (χ3n) is 2.14. The monoisotopic (exact) mass is 236 g/mol. The van der Waals surface area contributed by atoms with Crippen LogP contribution in [0, 0.1) is 0 Å². The van der Waals surface area contributed by atoms with Crippen molar-refractivity contribution in [1.29, 1.82) is 0 Å². The van der Waals surface area contributed by atoms with Gasteiger partial charge in [0.25, 0.3) is 5.91 Å². The van der Waals surface area contributed by atoms with E-state index in [1.54, 1.807) is 18.2 Å². The summed E-state index contributed by atoms with van der Waals surface area (Å²) in [7, 11) is 0. The second-order valence-electron chi connectivity index (χ2n) is 3.55. The number of aliphatic carboxylic acids is 1. The lowest BCUT2D eigenvalue weighted by atomic mass is 10.1. The molecule has 0 radical (unpaired) electrons. The molecule has 0 atom stereocenters. The van der Waals surface area contributed by atoms with E-state index in [1.807, 2.05) is 13.0 Å². The van der Waals surface area contributed by atoms with Crippen molar-refractivity contribution in [3.63, 3.8) is 0 Å². The van der Waals surface area contributed by atoms with E-state index in [0.717, 1.165) is 18.7 Å². The summed E-state index contributed by atoms with van der Waals surface area (Å²) in [5.74, 6) is -1.44. The minimum Gasteiger partial charge on any atom is -0.480 e. The number of carbonyl (C=O) groups excluding carboxylic acids is 1. The number of hydrogen-bond acceptors (Lipinski definition) is 3. The first-order valence-corrected chi connectivity index (χ1v) is 5.48. The Morgan fingerprint density at radius 2 is 2.00 bits per heavy atom. The molecule has 0 aliphatic rings. The van der Waals surface area contributed by atoms with Crippen LogP contribution in [0.3, 0.4) is 0 Å². The zero-order valence-electron chi connectivity index (χ0n) is 9.69. The van der Waals surface area contributed by atoms with E-state index in [2.05, 4.69) is 10.6 Å². The molecule has 0 aliphatic heterocycles. The summed E-state index contributed by atoms with van der Waals surface area (Å²) in [6.45, 7) is 2.42. The van der Waals surface area contributed by atoms with Crippen molar-refractivity contribution in [2.75, 3.05) is 18.4 Å². The number of amides is 1. The Morgan fingerprint density at radius 3 is 2.65 bits per heavy atom. The van der Waals surface area contributed by atoms with E-state index in [-0.39, 0.29) is 12.5 Å². The first kappa shape index (κ1) is 13.0. The molecule has 1 aromatic carbocycles. The van der Waals surface area contributed by atoms with Gasteiger partial charge in [-0.15, -0.1) is 0 Å². The molecule has 0 saturated carbocycles. The van der Waals surface area contributed by atoms with Gasteiger partial charge in [-0.1, -0.05) is 19.1 Å². The van der Waals surface area contributed by atoms with E-state index in [0.29, 0.717) is 5.56 Å². The lowest BCUT2D eigenvalue weighted by molar-refractivity contribution is -0.135. The van der Waals surface area contributed by atoms with Crippen LogP contribution in [0.4, 0.5) is 5.69 Å². The Labute approximate surface area is 99.8 Å². The van der Waals surface area contributed by atoms with Crippen LogP contribution in [-0.2, 0) is 4.79 Å². The number of rotatable bonds is 6. The van der Waals surface area contributed by atoms with E-state index in [4.69, 9.17) is 5.11 Å². The quantitative estimate of drug-likeness (QED) is 0.696. The van der Waals surface area contributed by atoms with Crippen LogP contribution in [0.1, 0.15) is 23.7 Å². The van der Waals surface area contributed by atoms with E-state index in [9.17, 15) is 9.59 Å². The van der Waals surface area contributed by atoms with Crippen molar-refractivity contribution >= 4 is 17.6 Å². The molecule has 0 heterocycles. The smallest absolute Gasteiger partial charge is 0.322 e. The van der Waals surface area contributed by atoms with Gasteiger partial charge in [-0.2, -0.15) is 0 Å². The van der Waals surface area contributed by atoms with Crippen LogP contribution < -0.4 is 10.6 Å². The number of hydrogen-bond donors (Lipinski definition) is 3. The highest BCUT2D eigenvalue weighted by Crippen LogP contribution is 2.14. The van der Waals surface area contributed by atoms with E-state index in [1.165, 1.54) is 0 Å². The minimum atomic E-state index is -1.06. The van der Waals surface area contributed by atoms with Crippen molar-refractivity contribution in [3.8, 4) is 0 Å². The molecule has 5 nitrogen and oxygen atoms in total. The Bertz CT molecular complexity index is 404. The van der Waals surface area contributed by atoms with Gasteiger partial charge in [0.15, 0.2) is 0 Å². The zero-order chi connectivity index (χ0) is 12.7. The van der Waals surface area contributed by atoms with Crippen molar-refractivity contribution < 1.29 is 14.7 Å². The molecule has 0 aliphatic carbocycles. The molecule has 0 spiro atoms. The average molecular weight is 236 g/mol. The second kappa shape index (κ2) is 6.52. The van der Waals surface area contributed by atoms with Gasteiger partial charge < -0.3 is 15.7 Å². The van der Waals surface area contributed by atoms with Crippen molar-refractivity contribution in [1.82, 2.24) is 5.32 Å². The van der Waals surface area contributed by atoms with Crippen LogP contribution in [0.2, 0.25) is 0 Å². The molecule has 17 heavy (non-hydrogen) atoms. The Kier molecular flexibility index (Phi) is 5.00. The highest BCUT2D eigenvalue weighted by atomic mass is 16.4. The maximum Gasteiger partial charge on any atom is 0.322 e. The van der Waals surface area contributed by atoms with E-state index < -0.39 is 5.97 Å². The van der Waals surface area contributed by atoms with Gasteiger partial charge in [-0.3, -0.25) is 9.59 Å². The molecular weight excluding hydrogens is 220 g/mol. The van der Waals surface area contributed by atoms with Gasteiger partial charge in [0.2, 0.25) is 0 Å². The minimum absolute atomic E-state index is 0.374. The third-order valence-corrected chi connectivity index (χ3v) is 2.14. The Balaban J connectivity index is 2.74. The molecule has 3 N–H and O–H groups in total. The second-order valence-corrected chi connectivity index (χ2v) is 3.55. The largest absolute Gasteiger partial charge is 0.480 e. The molecular formula is C12H16N2O3. The van der Waals surface area contributed by atoms with Gasteiger partial charge >= 0.3 is 5.97 Å². The molecule has 0 bridgehead atoms. The normalized spacial score (nSPS) is 9.71. The number of anilines is 1. The van der Waals surface area contributed by atoms with Gasteiger partial charge in [0, 0.05) is 12.2 Å². The lowest BCUT2D eigenvalue weighted by Gasteiger charge is -2.10. The number of carboxylic acids is 1. The molecule has 0 unspecified atom stereocenters. The van der Waals surface area contributed by atoms with E-state index >= 15 is 0 Å². The topological polar surface area (TPSA) is 78.4 Å². The standard InChI is InChI=1S/C12H16N2O3/c1-2-7-13-10-6-4-3-5-9(10)12(17)14-8-11(15)16/h3-6,13H,2,7-8H2,1H3,(H,14,17)(H,15,16). The predicted molar refractivity (Wildman–Crippen MR) is 65.2 cm³/mol. The zero-order valence-corrected chi connectivity index (χ0v) is 9.69. The molecule has 5 heteroatoms. The average Bonchev–Trinajstić information content (AvgIpc) is 2.33. The summed E-state index contributed by atoms with van der Waals surface area (Å²) < 4.78 is 0. The van der Waals surface area contributed by atoms with Crippen LogP contribution in [0.5, 0.6) is 0 Å². The molecule has 1 aromatic rings. The van der Waals surface area contributed by atoms with Crippen molar-refractivity contribution in [2.45, 2.75) is 13.3 Å². The molecule has 92 valence electrons. The van der Waals surface area contributed by atoms with Gasteiger partial charge in [0.05, 0.1) is 5.56 Å². The van der Waals surface area contributed by atoms with Crippen molar-refractivity contribution in [3.05, 3.63) is 29.8 Å². The maximum atomic E-state index is 11.7. The van der Waals surface area contributed by atoms with Crippen molar-refractivity contribution in [2.24, 2.45) is 0 Å². The predicted octanol–water partition coefficient (Wildman–Crippen LogP) is 1.32. The summed E-state index contributed by atoms with van der Waals surface area (Å²) in [6.07, 6.45) is 0.949. The van der Waals surface area contributed by atoms with Crippen LogP contribution in [0.15, 0.2) is 24.3 Å². The lowest BCUT2D eigenvalue weighted by Crippen LogP contribution is -2.29. The Morgan fingerprint density at radius 1 is 1.29 bits per heavy atom. The van der Waals surface area contributed by atoms with Crippen LogP contribution in [-0.4, -0.2) is 30.1 Å². The highest BCUT2D eigenvalue weighted by Gasteiger charge is 2.10. The van der Waals surface area contributed by atoms with Crippen LogP contribution >= 0.6 is 0 Å². The molecule has 1 amide bonds. The number of carbonyl (C=O) groups is 2. The van der Waals surface area contributed by atoms with Gasteiger partial charge in [-0.05, 0) is 18.6 Å². The summed E-state index contributed by atoms with van der Waals surface area (Å²) >= 11 is 0. The molecule has 0 aromatic heterocycles. The number of para-hydroxylation sites is 1. The molecule has 1 rings (SSSR count). The molecule has 0 saturated heterocycles. The first-order valence-electron chi connectivity index (χ1n) is 5.48. The van der Waals surface area contributed by atoms with Gasteiger partial charge in [0.1, 0.15) is 6.54 Å². The fourth-order valence-electron chi connectivity index (χ4n) is 1.35. The Hall–Kier alpha value is -2.04. The summed E-state index contributed by atoms with van der Waals surface area (Å²) in [5.41, 5.74) is 1.18.